The summed E-state index contributed by atoms with van der Waals surface area (Å²) in [6.45, 7) is 3.49. The maximum absolute atomic E-state index is 13.1. The van der Waals surface area contributed by atoms with E-state index in [0.29, 0.717) is 25.3 Å². The highest BCUT2D eigenvalue weighted by Gasteiger charge is 2.08. The lowest BCUT2D eigenvalue weighted by atomic mass is 10.1. The van der Waals surface area contributed by atoms with Crippen LogP contribution in [-0.4, -0.2) is 12.5 Å². The summed E-state index contributed by atoms with van der Waals surface area (Å²) in [5.41, 5.74) is 2.35. The van der Waals surface area contributed by atoms with Crippen LogP contribution in [0.25, 0.3) is 0 Å². The molecule has 0 heterocycles. The van der Waals surface area contributed by atoms with Crippen molar-refractivity contribution in [3.05, 3.63) is 71.0 Å². The van der Waals surface area contributed by atoms with E-state index in [1.807, 2.05) is 31.2 Å². The Labute approximate surface area is 123 Å². The molecule has 0 aliphatic rings. The lowest BCUT2D eigenvalue weighted by molar-refractivity contribution is 0.0949. The van der Waals surface area contributed by atoms with Crippen LogP contribution in [0, 0.1) is 5.82 Å². The number of ether oxygens (including phenoxy) is 1. The van der Waals surface area contributed by atoms with E-state index in [4.69, 9.17) is 4.74 Å². The number of hydrogen-bond donors (Lipinski definition) is 1. The second-order valence-electron chi connectivity index (χ2n) is 4.60. The minimum atomic E-state index is -0.417. The van der Waals surface area contributed by atoms with Crippen molar-refractivity contribution in [1.29, 1.82) is 0 Å². The molecule has 0 atom stereocenters. The van der Waals surface area contributed by atoms with E-state index in [9.17, 15) is 9.18 Å². The molecule has 0 saturated heterocycles. The largest absolute Gasteiger partial charge is 0.377 e. The number of carbonyl (C=O) groups is 1. The third-order valence-electron chi connectivity index (χ3n) is 3.11. The summed E-state index contributed by atoms with van der Waals surface area (Å²) in [5, 5.41) is 2.80. The van der Waals surface area contributed by atoms with E-state index in [0.717, 1.165) is 11.1 Å². The number of halogens is 1. The molecule has 0 unspecified atom stereocenters. The lowest BCUT2D eigenvalue weighted by Crippen LogP contribution is -2.23. The Hall–Kier alpha value is -2.20. The van der Waals surface area contributed by atoms with Gasteiger partial charge in [0, 0.05) is 18.7 Å². The molecule has 0 radical (unpaired) electrons. The fraction of sp³-hybridized carbons (Fsp3) is 0.235. The number of rotatable bonds is 6. The van der Waals surface area contributed by atoms with Gasteiger partial charge in [-0.3, -0.25) is 4.79 Å². The zero-order valence-electron chi connectivity index (χ0n) is 11.9. The van der Waals surface area contributed by atoms with Crippen molar-refractivity contribution in [3.8, 4) is 0 Å². The molecule has 0 aliphatic carbocycles. The molecular formula is C17H18FNO2. The average molecular weight is 287 g/mol. The normalized spacial score (nSPS) is 10.4. The van der Waals surface area contributed by atoms with Crippen molar-refractivity contribution in [2.24, 2.45) is 0 Å². The molecule has 4 heteroatoms. The number of hydrogen-bond acceptors (Lipinski definition) is 2. The molecular weight excluding hydrogens is 269 g/mol. The van der Waals surface area contributed by atoms with E-state index in [1.54, 1.807) is 6.07 Å². The van der Waals surface area contributed by atoms with Gasteiger partial charge in [0.1, 0.15) is 5.82 Å². The number of benzene rings is 2. The Kier molecular flexibility index (Phi) is 5.46. The van der Waals surface area contributed by atoms with Crippen LogP contribution in [0.4, 0.5) is 4.39 Å². The van der Waals surface area contributed by atoms with Crippen LogP contribution in [0.5, 0.6) is 0 Å². The number of carbonyl (C=O) groups excluding carboxylic acids is 1. The maximum Gasteiger partial charge on any atom is 0.251 e. The third kappa shape index (κ3) is 4.39. The summed E-state index contributed by atoms with van der Waals surface area (Å²) in [7, 11) is 0. The topological polar surface area (TPSA) is 38.3 Å². The highest BCUT2D eigenvalue weighted by atomic mass is 19.1. The summed E-state index contributed by atoms with van der Waals surface area (Å²) >= 11 is 0. The first-order chi connectivity index (χ1) is 10.2. The molecule has 0 aliphatic heterocycles. The van der Waals surface area contributed by atoms with E-state index >= 15 is 0 Å². The fourth-order valence-electron chi connectivity index (χ4n) is 1.99. The highest BCUT2D eigenvalue weighted by molar-refractivity contribution is 5.94. The zero-order chi connectivity index (χ0) is 15.1. The molecule has 1 amide bonds. The molecule has 0 bridgehead atoms. The van der Waals surface area contributed by atoms with Crippen molar-refractivity contribution >= 4 is 5.91 Å². The molecule has 2 aromatic carbocycles. The molecule has 21 heavy (non-hydrogen) atoms. The second kappa shape index (κ2) is 7.55. The van der Waals surface area contributed by atoms with Gasteiger partial charge >= 0.3 is 0 Å². The summed E-state index contributed by atoms with van der Waals surface area (Å²) < 4.78 is 18.5. The first kappa shape index (κ1) is 15.2. The SMILES string of the molecule is CCOCc1ccccc1CNC(=O)c1cccc(F)c1. The lowest BCUT2D eigenvalue weighted by Gasteiger charge is -2.11. The van der Waals surface area contributed by atoms with E-state index in [2.05, 4.69) is 5.32 Å². The monoisotopic (exact) mass is 287 g/mol. The molecule has 2 aromatic rings. The summed E-state index contributed by atoms with van der Waals surface area (Å²) in [5.74, 6) is -0.708. The van der Waals surface area contributed by atoms with Crippen molar-refractivity contribution in [2.45, 2.75) is 20.1 Å². The van der Waals surface area contributed by atoms with Crippen molar-refractivity contribution < 1.29 is 13.9 Å². The summed E-state index contributed by atoms with van der Waals surface area (Å²) in [6, 6.07) is 13.4. The van der Waals surface area contributed by atoms with E-state index < -0.39 is 5.82 Å². The van der Waals surface area contributed by atoms with Crippen LogP contribution in [-0.2, 0) is 17.9 Å². The first-order valence-corrected chi connectivity index (χ1v) is 6.89. The Balaban J connectivity index is 2.01. The van der Waals surface area contributed by atoms with Crippen LogP contribution in [0.15, 0.2) is 48.5 Å². The van der Waals surface area contributed by atoms with Crippen LogP contribution in [0.1, 0.15) is 28.4 Å². The molecule has 110 valence electrons. The minimum Gasteiger partial charge on any atom is -0.377 e. The first-order valence-electron chi connectivity index (χ1n) is 6.89. The molecule has 0 saturated carbocycles. The Morgan fingerprint density at radius 1 is 1.14 bits per heavy atom. The predicted molar refractivity (Wildman–Crippen MR) is 79.3 cm³/mol. The average Bonchev–Trinajstić information content (AvgIpc) is 2.51. The van der Waals surface area contributed by atoms with Crippen LogP contribution in [0.2, 0.25) is 0 Å². The van der Waals surface area contributed by atoms with Gasteiger partial charge in [0.15, 0.2) is 0 Å². The van der Waals surface area contributed by atoms with Crippen molar-refractivity contribution in [3.63, 3.8) is 0 Å². The number of nitrogens with one attached hydrogen (secondary N) is 1. The molecule has 2 rings (SSSR count). The van der Waals surface area contributed by atoms with Gasteiger partial charge in [-0.1, -0.05) is 30.3 Å². The van der Waals surface area contributed by atoms with Gasteiger partial charge in [0.05, 0.1) is 6.61 Å². The standard InChI is InChI=1S/C17H18FNO2/c1-2-21-12-15-7-4-3-6-14(15)11-19-17(20)13-8-5-9-16(18)10-13/h3-10H,2,11-12H2,1H3,(H,19,20). The molecule has 3 nitrogen and oxygen atoms in total. The second-order valence-corrected chi connectivity index (χ2v) is 4.60. The summed E-state index contributed by atoms with van der Waals surface area (Å²) in [4.78, 5) is 12.0. The molecule has 0 spiro atoms. The maximum atomic E-state index is 13.1. The minimum absolute atomic E-state index is 0.291. The van der Waals surface area contributed by atoms with E-state index in [1.165, 1.54) is 18.2 Å². The smallest absolute Gasteiger partial charge is 0.251 e. The van der Waals surface area contributed by atoms with Crippen molar-refractivity contribution in [1.82, 2.24) is 5.32 Å². The zero-order valence-corrected chi connectivity index (χ0v) is 11.9. The Bertz CT molecular complexity index is 613. The van der Waals surface area contributed by atoms with Gasteiger partial charge in [-0.25, -0.2) is 4.39 Å². The number of amides is 1. The van der Waals surface area contributed by atoms with Crippen LogP contribution in [0.3, 0.4) is 0 Å². The molecule has 0 aromatic heterocycles. The van der Waals surface area contributed by atoms with Gasteiger partial charge in [0.25, 0.3) is 5.91 Å². The Morgan fingerprint density at radius 3 is 2.62 bits per heavy atom. The highest BCUT2D eigenvalue weighted by Crippen LogP contribution is 2.11. The van der Waals surface area contributed by atoms with Crippen LogP contribution < -0.4 is 5.32 Å². The van der Waals surface area contributed by atoms with E-state index in [-0.39, 0.29) is 5.91 Å². The Morgan fingerprint density at radius 2 is 1.90 bits per heavy atom. The van der Waals surface area contributed by atoms with Crippen LogP contribution >= 0.6 is 0 Å². The van der Waals surface area contributed by atoms with Gasteiger partial charge in [0.2, 0.25) is 0 Å². The predicted octanol–water partition coefficient (Wildman–Crippen LogP) is 3.29. The molecule has 0 fully saturated rings. The van der Waals surface area contributed by atoms with Gasteiger partial charge in [-0.15, -0.1) is 0 Å². The van der Waals surface area contributed by atoms with Gasteiger partial charge in [-0.05, 0) is 36.2 Å². The fourth-order valence-corrected chi connectivity index (χ4v) is 1.99. The third-order valence-corrected chi connectivity index (χ3v) is 3.11. The van der Waals surface area contributed by atoms with Gasteiger partial charge < -0.3 is 10.1 Å². The van der Waals surface area contributed by atoms with Crippen molar-refractivity contribution in [2.75, 3.05) is 6.61 Å². The quantitative estimate of drug-likeness (QED) is 0.885. The summed E-state index contributed by atoms with van der Waals surface area (Å²) in [6.07, 6.45) is 0. The van der Waals surface area contributed by atoms with Gasteiger partial charge in [-0.2, -0.15) is 0 Å². The molecule has 1 N–H and O–H groups in total.